The van der Waals surface area contributed by atoms with Crippen molar-refractivity contribution in [2.24, 2.45) is 10.7 Å². The second kappa shape index (κ2) is 5.75. The number of hydrogen-bond acceptors (Lipinski definition) is 1. The van der Waals surface area contributed by atoms with Gasteiger partial charge in [0.05, 0.1) is 6.04 Å². The Balaban J connectivity index is 2.75. The van der Waals surface area contributed by atoms with E-state index >= 15 is 0 Å². The van der Waals surface area contributed by atoms with E-state index in [2.05, 4.69) is 10.3 Å². The van der Waals surface area contributed by atoms with Crippen molar-refractivity contribution in [1.82, 2.24) is 5.32 Å². The van der Waals surface area contributed by atoms with Gasteiger partial charge in [-0.15, -0.1) is 0 Å². The summed E-state index contributed by atoms with van der Waals surface area (Å²) in [6.45, 7) is 6.03. The largest absolute Gasteiger partial charge is 0.370 e. The highest BCUT2D eigenvalue weighted by molar-refractivity contribution is 6.30. The van der Waals surface area contributed by atoms with Gasteiger partial charge in [-0.05, 0) is 38.5 Å². The molecular formula is C12H18ClN3. The van der Waals surface area contributed by atoms with Gasteiger partial charge in [0.2, 0.25) is 0 Å². The van der Waals surface area contributed by atoms with E-state index in [-0.39, 0.29) is 12.1 Å². The van der Waals surface area contributed by atoms with Crippen LogP contribution in [0.2, 0.25) is 5.02 Å². The summed E-state index contributed by atoms with van der Waals surface area (Å²) in [5, 5.41) is 3.77. The van der Waals surface area contributed by atoms with E-state index < -0.39 is 0 Å². The first kappa shape index (κ1) is 12.8. The molecule has 0 saturated carbocycles. The fourth-order valence-corrected chi connectivity index (χ4v) is 1.58. The van der Waals surface area contributed by atoms with E-state index in [1.807, 2.05) is 45.0 Å². The van der Waals surface area contributed by atoms with E-state index in [4.69, 9.17) is 17.3 Å². The minimum Gasteiger partial charge on any atom is -0.370 e. The molecule has 0 fully saturated rings. The number of nitrogens with two attached hydrogens (primary N) is 1. The third kappa shape index (κ3) is 4.11. The number of nitrogens with zero attached hydrogens (tertiary/aromatic N) is 1. The molecule has 1 rings (SSSR count). The zero-order valence-electron chi connectivity index (χ0n) is 9.87. The van der Waals surface area contributed by atoms with Crippen molar-refractivity contribution in [3.8, 4) is 0 Å². The second-order valence-corrected chi connectivity index (χ2v) is 4.48. The highest BCUT2D eigenvalue weighted by atomic mass is 35.5. The monoisotopic (exact) mass is 239 g/mol. The molecule has 3 N–H and O–H groups in total. The lowest BCUT2D eigenvalue weighted by Crippen LogP contribution is -2.36. The molecule has 0 aliphatic carbocycles. The molecule has 0 saturated heterocycles. The molecule has 0 aliphatic rings. The molecule has 0 amide bonds. The van der Waals surface area contributed by atoms with Crippen LogP contribution in [-0.2, 0) is 0 Å². The van der Waals surface area contributed by atoms with E-state index in [1.54, 1.807) is 0 Å². The van der Waals surface area contributed by atoms with Gasteiger partial charge in [0.1, 0.15) is 0 Å². The number of aliphatic imine (C=N–C) groups is 1. The molecule has 1 aromatic carbocycles. The number of benzene rings is 1. The summed E-state index contributed by atoms with van der Waals surface area (Å²) in [5.41, 5.74) is 6.81. The molecule has 0 aliphatic heterocycles. The number of guanidine groups is 1. The predicted octanol–water partition coefficient (Wildman–Crippen LogP) is 2.71. The van der Waals surface area contributed by atoms with Crippen LogP contribution >= 0.6 is 11.6 Å². The number of nitrogens with one attached hydrogen (secondary N) is 1. The standard InChI is InChI=1S/C12H18ClN3/c1-8(2)15-12(14)16-9(3)10-5-4-6-11(13)7-10/h4-9H,1-3H3,(H3,14,15,16). The van der Waals surface area contributed by atoms with Crippen LogP contribution in [0.25, 0.3) is 0 Å². The molecule has 0 spiro atoms. The normalized spacial score (nSPS) is 13.9. The molecule has 16 heavy (non-hydrogen) atoms. The molecule has 0 bridgehead atoms. The summed E-state index contributed by atoms with van der Waals surface area (Å²) in [6, 6.07) is 7.94. The Morgan fingerprint density at radius 2 is 2.06 bits per heavy atom. The van der Waals surface area contributed by atoms with Gasteiger partial charge >= 0.3 is 0 Å². The Morgan fingerprint density at radius 3 is 2.62 bits per heavy atom. The van der Waals surface area contributed by atoms with Crippen LogP contribution in [-0.4, -0.2) is 12.0 Å². The van der Waals surface area contributed by atoms with Gasteiger partial charge in [-0.2, -0.15) is 0 Å². The van der Waals surface area contributed by atoms with Crippen molar-refractivity contribution in [1.29, 1.82) is 0 Å². The number of hydrogen-bond donors (Lipinski definition) is 2. The highest BCUT2D eigenvalue weighted by Crippen LogP contribution is 2.19. The molecule has 1 unspecified atom stereocenters. The van der Waals surface area contributed by atoms with Gasteiger partial charge in [0, 0.05) is 11.1 Å². The van der Waals surface area contributed by atoms with Crippen LogP contribution in [0, 0.1) is 0 Å². The summed E-state index contributed by atoms with van der Waals surface area (Å²) in [7, 11) is 0. The molecule has 88 valence electrons. The number of rotatable bonds is 3. The fourth-order valence-electron chi connectivity index (χ4n) is 1.38. The van der Waals surface area contributed by atoms with Crippen LogP contribution in [0.4, 0.5) is 0 Å². The predicted molar refractivity (Wildman–Crippen MR) is 69.8 cm³/mol. The first-order valence-electron chi connectivity index (χ1n) is 5.34. The first-order chi connectivity index (χ1) is 7.49. The summed E-state index contributed by atoms with van der Waals surface area (Å²) in [5.74, 6) is 0.461. The van der Waals surface area contributed by atoms with Crippen LogP contribution in [0.5, 0.6) is 0 Å². The smallest absolute Gasteiger partial charge is 0.189 e. The van der Waals surface area contributed by atoms with E-state index in [0.717, 1.165) is 10.6 Å². The lowest BCUT2D eigenvalue weighted by Gasteiger charge is -2.12. The fraction of sp³-hybridized carbons (Fsp3) is 0.417. The zero-order chi connectivity index (χ0) is 12.1. The van der Waals surface area contributed by atoms with Gasteiger partial charge in [-0.3, -0.25) is 0 Å². The minimum atomic E-state index is 0.00458. The molecule has 4 heteroatoms. The summed E-state index contributed by atoms with van der Waals surface area (Å²) >= 11 is 5.91. The summed E-state index contributed by atoms with van der Waals surface area (Å²) in [4.78, 5) is 4.35. The zero-order valence-corrected chi connectivity index (χ0v) is 10.6. The molecule has 0 aromatic heterocycles. The average molecular weight is 240 g/mol. The van der Waals surface area contributed by atoms with Gasteiger partial charge in [0.15, 0.2) is 5.96 Å². The maximum absolute atomic E-state index is 5.91. The Hall–Kier alpha value is -1.22. The molecule has 0 heterocycles. The molecule has 0 radical (unpaired) electrons. The minimum absolute atomic E-state index is 0.00458. The van der Waals surface area contributed by atoms with Crippen molar-refractivity contribution < 1.29 is 0 Å². The SMILES string of the molecule is CC(C)NC(N)=NC(C)c1cccc(Cl)c1. The van der Waals surface area contributed by atoms with Crippen LogP contribution in [0.1, 0.15) is 32.4 Å². The Labute approximate surface area is 102 Å². The van der Waals surface area contributed by atoms with Gasteiger partial charge in [0.25, 0.3) is 0 Å². The van der Waals surface area contributed by atoms with Crippen molar-refractivity contribution in [3.05, 3.63) is 34.9 Å². The Morgan fingerprint density at radius 1 is 1.38 bits per heavy atom. The topological polar surface area (TPSA) is 50.4 Å². The maximum atomic E-state index is 5.91. The third-order valence-electron chi connectivity index (χ3n) is 2.10. The van der Waals surface area contributed by atoms with Gasteiger partial charge in [-0.25, -0.2) is 4.99 Å². The van der Waals surface area contributed by atoms with E-state index in [9.17, 15) is 0 Å². The van der Waals surface area contributed by atoms with Crippen molar-refractivity contribution in [3.63, 3.8) is 0 Å². The molecular weight excluding hydrogens is 222 g/mol. The van der Waals surface area contributed by atoms with Gasteiger partial charge < -0.3 is 11.1 Å². The summed E-state index contributed by atoms with van der Waals surface area (Å²) < 4.78 is 0. The summed E-state index contributed by atoms with van der Waals surface area (Å²) in [6.07, 6.45) is 0. The first-order valence-corrected chi connectivity index (χ1v) is 5.72. The lowest BCUT2D eigenvalue weighted by molar-refractivity contribution is 0.711. The van der Waals surface area contributed by atoms with Crippen LogP contribution in [0.3, 0.4) is 0 Å². The second-order valence-electron chi connectivity index (χ2n) is 4.04. The maximum Gasteiger partial charge on any atom is 0.189 e. The molecule has 3 nitrogen and oxygen atoms in total. The van der Waals surface area contributed by atoms with E-state index in [1.165, 1.54) is 0 Å². The molecule has 1 atom stereocenters. The van der Waals surface area contributed by atoms with Crippen LogP contribution < -0.4 is 11.1 Å². The van der Waals surface area contributed by atoms with Crippen LogP contribution in [0.15, 0.2) is 29.3 Å². The third-order valence-corrected chi connectivity index (χ3v) is 2.34. The van der Waals surface area contributed by atoms with Gasteiger partial charge in [-0.1, -0.05) is 23.7 Å². The Bertz CT molecular complexity index is 374. The number of halogens is 1. The average Bonchev–Trinajstić information content (AvgIpc) is 2.16. The van der Waals surface area contributed by atoms with Crippen molar-refractivity contribution in [2.75, 3.05) is 0 Å². The van der Waals surface area contributed by atoms with Crippen molar-refractivity contribution in [2.45, 2.75) is 32.9 Å². The van der Waals surface area contributed by atoms with Crippen molar-refractivity contribution >= 4 is 17.6 Å². The Kier molecular flexibility index (Phi) is 4.62. The lowest BCUT2D eigenvalue weighted by atomic mass is 10.1. The van der Waals surface area contributed by atoms with E-state index in [0.29, 0.717) is 5.96 Å². The molecule has 1 aromatic rings. The highest BCUT2D eigenvalue weighted by Gasteiger charge is 2.05. The quantitative estimate of drug-likeness (QED) is 0.630.